The Labute approximate surface area is 295 Å². The maximum Gasteiger partial charge on any atom is 0.420 e. The highest BCUT2D eigenvalue weighted by Crippen LogP contribution is 2.52. The molecule has 2 aliphatic heterocycles. The molecule has 0 bridgehead atoms. The highest BCUT2D eigenvalue weighted by Gasteiger charge is 2.49. The minimum absolute atomic E-state index is 0.0478. The van der Waals surface area contributed by atoms with E-state index in [-0.39, 0.29) is 52.6 Å². The van der Waals surface area contributed by atoms with Gasteiger partial charge in [0.1, 0.15) is 58.1 Å². The first-order valence-electron chi connectivity index (χ1n) is 16.0. The van der Waals surface area contributed by atoms with Gasteiger partial charge in [-0.05, 0) is 37.1 Å². The average Bonchev–Trinajstić information content (AvgIpc) is 3.74. The number of phenolic OH excluding ortho intramolecular Hbond substituents is 1. The number of aromatic nitrogens is 3. The molecule has 2 aromatic carbocycles. The smallest absolute Gasteiger partial charge is 0.420 e. The van der Waals surface area contributed by atoms with Crippen molar-refractivity contribution in [2.75, 3.05) is 50.2 Å². The number of halogens is 6. The number of pyridine rings is 1. The number of benzene rings is 2. The summed E-state index contributed by atoms with van der Waals surface area (Å²) in [5.41, 5.74) is 6.94. The minimum atomic E-state index is -5.41. The number of nitriles is 1. The van der Waals surface area contributed by atoms with Gasteiger partial charge >= 0.3 is 12.2 Å². The number of rotatable bonds is 9. The molecule has 52 heavy (non-hydrogen) atoms. The first-order chi connectivity index (χ1) is 24.8. The van der Waals surface area contributed by atoms with E-state index in [1.165, 1.54) is 13.3 Å². The number of nitrogens with zero attached hydrogens (tertiary/aromatic N) is 5. The van der Waals surface area contributed by atoms with Crippen LogP contribution in [-0.2, 0) is 10.9 Å². The number of methoxy groups -OCH3 is 1. The summed E-state index contributed by atoms with van der Waals surface area (Å²) >= 11 is 0.607. The normalized spacial score (nSPS) is 19.6. The van der Waals surface area contributed by atoms with Gasteiger partial charge < -0.3 is 31.4 Å². The Bertz CT molecular complexity index is 2260. The fourth-order valence-electron chi connectivity index (χ4n) is 7.41. The first-order valence-corrected chi connectivity index (χ1v) is 16.8. The quantitative estimate of drug-likeness (QED) is 0.119. The van der Waals surface area contributed by atoms with Gasteiger partial charge in [-0.2, -0.15) is 28.4 Å². The Balaban J connectivity index is 1.49. The Morgan fingerprint density at radius 1 is 1.21 bits per heavy atom. The highest BCUT2D eigenvalue weighted by atomic mass is 32.1. The number of hydrogen-bond donors (Lipinski definition) is 4. The van der Waals surface area contributed by atoms with Crippen LogP contribution in [0.3, 0.4) is 0 Å². The maximum atomic E-state index is 17.1. The second kappa shape index (κ2) is 13.1. The molecule has 2 saturated heterocycles. The maximum absolute atomic E-state index is 17.1. The standard InChI is InChI=1S/C34H30F6N8O3S/c1-50-13-20(16-4-2-8-44-29(16)42)45-31-23-26(46-32(47-31)51-14-33-7-3-9-48(33)12-15(35)10-33)25(37)22(24(27(23)49)34(38,39)40)17-5-6-19(36)28-21(17)18(11-41)30(43)52-28/h2,4-6,8,15,20,49H,3,7,9-10,12-14,43H2,1H3,(H2,42,44)(H,45,46,47)/t15-,20-,33+/m1/s1. The first kappa shape index (κ1) is 35.3. The van der Waals surface area contributed by atoms with E-state index < -0.39 is 80.7 Å². The van der Waals surface area contributed by atoms with E-state index in [1.54, 1.807) is 18.2 Å². The van der Waals surface area contributed by atoms with Gasteiger partial charge in [0, 0.05) is 42.8 Å². The molecule has 5 heterocycles. The van der Waals surface area contributed by atoms with E-state index in [4.69, 9.17) is 20.9 Å². The Hall–Kier alpha value is -5.12. The zero-order chi connectivity index (χ0) is 37.1. The SMILES string of the molecule is COC[C@@H](Nc1nc(OC[C@@]23CCCN2C[C@H](F)C3)nc2c(F)c(-c3ccc(F)c4sc(N)c(C#N)c34)c(C(F)(F)F)c(O)c12)c1cccnc1N. The van der Waals surface area contributed by atoms with Crippen LogP contribution >= 0.6 is 11.3 Å². The number of phenols is 1. The Morgan fingerprint density at radius 3 is 2.71 bits per heavy atom. The van der Waals surface area contributed by atoms with Crippen LogP contribution in [0.25, 0.3) is 32.1 Å². The number of alkyl halides is 4. The van der Waals surface area contributed by atoms with Crippen molar-refractivity contribution in [1.82, 2.24) is 19.9 Å². The predicted octanol–water partition coefficient (Wildman–Crippen LogP) is 6.70. The van der Waals surface area contributed by atoms with Crippen molar-refractivity contribution in [1.29, 1.82) is 5.26 Å². The summed E-state index contributed by atoms with van der Waals surface area (Å²) in [6, 6.07) is 5.17. The van der Waals surface area contributed by atoms with Crippen molar-refractivity contribution >= 4 is 49.0 Å². The molecule has 0 aliphatic carbocycles. The van der Waals surface area contributed by atoms with E-state index in [9.17, 15) is 19.1 Å². The number of nitrogen functional groups attached to an aromatic ring is 2. The van der Waals surface area contributed by atoms with E-state index in [1.807, 2.05) is 4.90 Å². The number of hydrogen-bond acceptors (Lipinski definition) is 12. The van der Waals surface area contributed by atoms with Gasteiger partial charge in [0.2, 0.25) is 0 Å². The van der Waals surface area contributed by atoms with Crippen LogP contribution in [-0.4, -0.2) is 70.1 Å². The molecule has 272 valence electrons. The molecule has 6 N–H and O–H groups in total. The monoisotopic (exact) mass is 744 g/mol. The molecule has 2 fully saturated rings. The molecule has 2 aliphatic rings. The van der Waals surface area contributed by atoms with Crippen molar-refractivity contribution in [3.63, 3.8) is 0 Å². The molecule has 5 aromatic rings. The molecule has 11 nitrogen and oxygen atoms in total. The molecule has 0 saturated carbocycles. The van der Waals surface area contributed by atoms with Crippen molar-refractivity contribution in [3.05, 3.63) is 58.8 Å². The summed E-state index contributed by atoms with van der Waals surface area (Å²) in [5.74, 6) is -4.37. The fraction of sp³-hybridized carbons (Fsp3) is 0.353. The second-order valence-corrected chi connectivity index (χ2v) is 13.8. The van der Waals surface area contributed by atoms with E-state index >= 15 is 17.6 Å². The third kappa shape index (κ3) is 5.82. The second-order valence-electron chi connectivity index (χ2n) is 12.7. The zero-order valence-electron chi connectivity index (χ0n) is 27.3. The van der Waals surface area contributed by atoms with E-state index in [0.29, 0.717) is 29.9 Å². The zero-order valence-corrected chi connectivity index (χ0v) is 28.1. The summed E-state index contributed by atoms with van der Waals surface area (Å²) < 4.78 is 103. The average molecular weight is 745 g/mol. The van der Waals surface area contributed by atoms with Crippen molar-refractivity contribution in [2.45, 2.75) is 43.2 Å². The fourth-order valence-corrected chi connectivity index (χ4v) is 8.36. The van der Waals surface area contributed by atoms with Gasteiger partial charge in [-0.3, -0.25) is 4.90 Å². The van der Waals surface area contributed by atoms with Gasteiger partial charge in [-0.1, -0.05) is 12.1 Å². The van der Waals surface area contributed by atoms with Crippen LogP contribution in [0.1, 0.15) is 42.0 Å². The predicted molar refractivity (Wildman–Crippen MR) is 182 cm³/mol. The number of anilines is 3. The van der Waals surface area contributed by atoms with Crippen molar-refractivity contribution in [2.24, 2.45) is 0 Å². The number of aromatic hydroxyl groups is 1. The van der Waals surface area contributed by atoms with Crippen LogP contribution in [0.4, 0.5) is 43.0 Å². The summed E-state index contributed by atoms with van der Waals surface area (Å²) in [6.45, 7) is 0.590. The molecule has 7 rings (SSSR count). The lowest BCUT2D eigenvalue weighted by molar-refractivity contribution is -0.138. The van der Waals surface area contributed by atoms with Gasteiger partial charge in [0.25, 0.3) is 0 Å². The number of thiophene rings is 1. The van der Waals surface area contributed by atoms with Crippen LogP contribution in [0.15, 0.2) is 30.5 Å². The van der Waals surface area contributed by atoms with Gasteiger partial charge in [-0.15, -0.1) is 11.3 Å². The topological polar surface area (TPSA) is 168 Å². The molecule has 18 heteroatoms. The molecular formula is C34H30F6N8O3S. The molecule has 3 atom stereocenters. The lowest BCUT2D eigenvalue weighted by Gasteiger charge is -2.31. The molecular weight excluding hydrogens is 714 g/mol. The number of ether oxygens (including phenoxy) is 2. The number of nitrogens with two attached hydrogens (primary N) is 2. The van der Waals surface area contributed by atoms with Crippen LogP contribution in [0, 0.1) is 23.0 Å². The van der Waals surface area contributed by atoms with Crippen LogP contribution < -0.4 is 21.5 Å². The number of nitrogens with one attached hydrogen (secondary N) is 1. The minimum Gasteiger partial charge on any atom is -0.506 e. The van der Waals surface area contributed by atoms with Gasteiger partial charge in [0.15, 0.2) is 5.82 Å². The summed E-state index contributed by atoms with van der Waals surface area (Å²) in [5, 5.41) is 23.0. The van der Waals surface area contributed by atoms with Gasteiger partial charge in [0.05, 0.1) is 33.8 Å². The molecule has 0 radical (unpaired) electrons. The van der Waals surface area contributed by atoms with Crippen LogP contribution in [0.5, 0.6) is 11.8 Å². The lowest BCUT2D eigenvalue weighted by Crippen LogP contribution is -2.43. The summed E-state index contributed by atoms with van der Waals surface area (Å²) in [4.78, 5) is 14.5. The van der Waals surface area contributed by atoms with E-state index in [0.717, 1.165) is 18.6 Å². The summed E-state index contributed by atoms with van der Waals surface area (Å²) in [6.07, 6.45) is -3.54. The highest BCUT2D eigenvalue weighted by molar-refractivity contribution is 7.23. The van der Waals surface area contributed by atoms with Crippen molar-refractivity contribution < 1.29 is 40.9 Å². The molecule has 0 unspecified atom stereocenters. The largest absolute Gasteiger partial charge is 0.506 e. The molecule has 0 spiro atoms. The number of fused-ring (bicyclic) bond motifs is 3. The van der Waals surface area contributed by atoms with Gasteiger partial charge in [-0.25, -0.2) is 18.2 Å². The third-order valence-electron chi connectivity index (χ3n) is 9.64. The molecule has 0 amide bonds. The van der Waals surface area contributed by atoms with Crippen molar-refractivity contribution in [3.8, 4) is 29.0 Å². The lowest BCUT2D eigenvalue weighted by atomic mass is 9.91. The van der Waals surface area contributed by atoms with Crippen LogP contribution in [0.2, 0.25) is 0 Å². The summed E-state index contributed by atoms with van der Waals surface area (Å²) in [7, 11) is 1.36. The Kier molecular flexibility index (Phi) is 8.91. The Morgan fingerprint density at radius 2 is 2.00 bits per heavy atom. The third-order valence-corrected chi connectivity index (χ3v) is 10.7. The van der Waals surface area contributed by atoms with E-state index in [2.05, 4.69) is 20.3 Å². The molecule has 3 aromatic heterocycles.